The minimum absolute atomic E-state index is 0.000816. The summed E-state index contributed by atoms with van der Waals surface area (Å²) in [5.41, 5.74) is -0.794. The number of carbonyl (C=O) groups is 1. The zero-order chi connectivity index (χ0) is 18.1. The number of likely N-dealkylation sites (tertiary alicyclic amines) is 1. The maximum Gasteiger partial charge on any atom is 0.313 e. The van der Waals surface area contributed by atoms with Crippen LogP contribution in [0.4, 0.5) is 5.95 Å². The highest BCUT2D eigenvalue weighted by Gasteiger charge is 2.53. The number of carboxylic acids is 1. The molecule has 0 bridgehead atoms. The maximum absolute atomic E-state index is 12.4. The molecule has 26 heavy (non-hydrogen) atoms. The quantitative estimate of drug-likeness (QED) is 0.900. The molecule has 1 N–H and O–H groups in total. The van der Waals surface area contributed by atoms with E-state index in [1.165, 1.54) is 0 Å². The van der Waals surface area contributed by atoms with Crippen LogP contribution in [0.5, 0.6) is 0 Å². The van der Waals surface area contributed by atoms with Crippen LogP contribution in [-0.2, 0) is 11.3 Å². The minimum Gasteiger partial charge on any atom is -0.481 e. The van der Waals surface area contributed by atoms with Crippen LogP contribution in [0.1, 0.15) is 30.8 Å². The fraction of sp³-hybridized carbons (Fsp3) is 0.526. The average Bonchev–Trinajstić information content (AvgIpc) is 3.07. The SMILES string of the molecule is Cc1ccc(CN2CCC[C@]3(C(=O)O)CN(c4ncccn4)CC[C@@H]23)o1. The summed E-state index contributed by atoms with van der Waals surface area (Å²) in [5, 5.41) is 10.2. The first-order valence-corrected chi connectivity index (χ1v) is 9.13. The molecule has 2 aliphatic heterocycles. The molecule has 2 aromatic rings. The van der Waals surface area contributed by atoms with Crippen LogP contribution in [0.25, 0.3) is 0 Å². The van der Waals surface area contributed by atoms with E-state index in [9.17, 15) is 9.90 Å². The van der Waals surface area contributed by atoms with Crippen LogP contribution in [0.2, 0.25) is 0 Å². The molecule has 0 aromatic carbocycles. The number of rotatable bonds is 4. The largest absolute Gasteiger partial charge is 0.481 e. The van der Waals surface area contributed by atoms with Crippen LogP contribution in [0, 0.1) is 12.3 Å². The van der Waals surface area contributed by atoms with Gasteiger partial charge in [-0.25, -0.2) is 9.97 Å². The molecule has 4 rings (SSSR count). The number of aromatic nitrogens is 2. The van der Waals surface area contributed by atoms with E-state index in [0.717, 1.165) is 37.5 Å². The number of anilines is 1. The highest BCUT2D eigenvalue weighted by atomic mass is 16.4. The molecule has 0 radical (unpaired) electrons. The Morgan fingerprint density at radius 1 is 1.35 bits per heavy atom. The molecule has 2 atom stereocenters. The number of hydrogen-bond acceptors (Lipinski definition) is 6. The van der Waals surface area contributed by atoms with Crippen molar-refractivity contribution in [1.82, 2.24) is 14.9 Å². The lowest BCUT2D eigenvalue weighted by molar-refractivity contribution is -0.158. The molecule has 2 aromatic heterocycles. The fourth-order valence-corrected chi connectivity index (χ4v) is 4.51. The molecule has 0 unspecified atom stereocenters. The monoisotopic (exact) mass is 356 g/mol. The highest BCUT2D eigenvalue weighted by molar-refractivity contribution is 5.77. The first kappa shape index (κ1) is 17.0. The minimum atomic E-state index is -0.794. The molecule has 4 heterocycles. The van der Waals surface area contributed by atoms with Gasteiger partial charge in [0, 0.05) is 31.5 Å². The van der Waals surface area contributed by atoms with Crippen molar-refractivity contribution in [3.63, 3.8) is 0 Å². The summed E-state index contributed by atoms with van der Waals surface area (Å²) < 4.78 is 5.73. The molecule has 0 spiro atoms. The molecular formula is C19H24N4O3. The smallest absolute Gasteiger partial charge is 0.313 e. The van der Waals surface area contributed by atoms with Crippen LogP contribution in [0.3, 0.4) is 0 Å². The first-order chi connectivity index (χ1) is 12.6. The van der Waals surface area contributed by atoms with Gasteiger partial charge in [-0.2, -0.15) is 0 Å². The van der Waals surface area contributed by atoms with Crippen LogP contribution in [-0.4, -0.2) is 51.6 Å². The molecule has 138 valence electrons. The Kier molecular flexibility index (Phi) is 4.40. The molecule has 2 aliphatic rings. The number of fused-ring (bicyclic) bond motifs is 1. The summed E-state index contributed by atoms with van der Waals surface area (Å²) in [6.45, 7) is 4.71. The van der Waals surface area contributed by atoms with Crippen molar-refractivity contribution in [3.8, 4) is 0 Å². The second-order valence-corrected chi connectivity index (χ2v) is 7.32. The second kappa shape index (κ2) is 6.72. The standard InChI is InChI=1S/C19H24N4O3/c1-14-4-5-15(26-14)12-22-10-2-7-19(17(24)25)13-23(11-6-16(19)22)18-20-8-3-9-21-18/h3-5,8-9,16H,2,6-7,10-13H2,1H3,(H,24,25)/t16-,19+/m1/s1. The molecule has 0 aliphatic carbocycles. The van der Waals surface area contributed by atoms with Gasteiger partial charge in [-0.05, 0) is 50.9 Å². The van der Waals surface area contributed by atoms with Gasteiger partial charge in [-0.15, -0.1) is 0 Å². The lowest BCUT2D eigenvalue weighted by Gasteiger charge is -2.52. The van der Waals surface area contributed by atoms with Crippen molar-refractivity contribution >= 4 is 11.9 Å². The van der Waals surface area contributed by atoms with Crippen molar-refractivity contribution in [3.05, 3.63) is 42.1 Å². The Bertz CT molecular complexity index is 778. The van der Waals surface area contributed by atoms with E-state index >= 15 is 0 Å². The molecule has 7 nitrogen and oxygen atoms in total. The summed E-state index contributed by atoms with van der Waals surface area (Å²) in [4.78, 5) is 25.3. The number of carboxylic acid groups (broad SMARTS) is 1. The lowest BCUT2D eigenvalue weighted by Crippen LogP contribution is -2.64. The van der Waals surface area contributed by atoms with E-state index < -0.39 is 11.4 Å². The predicted octanol–water partition coefficient (Wildman–Crippen LogP) is 2.32. The Morgan fingerprint density at radius 2 is 2.15 bits per heavy atom. The normalized spacial score (nSPS) is 26.5. The molecule has 0 amide bonds. The van der Waals surface area contributed by atoms with Gasteiger partial charge in [0.25, 0.3) is 0 Å². The summed E-state index contributed by atoms with van der Waals surface area (Å²) in [5.74, 6) is 1.68. The van der Waals surface area contributed by atoms with E-state index in [1.54, 1.807) is 18.5 Å². The van der Waals surface area contributed by atoms with Gasteiger partial charge in [0.1, 0.15) is 16.9 Å². The fourth-order valence-electron chi connectivity index (χ4n) is 4.51. The van der Waals surface area contributed by atoms with Crippen LogP contribution in [0.15, 0.2) is 35.0 Å². The second-order valence-electron chi connectivity index (χ2n) is 7.32. The predicted molar refractivity (Wildman–Crippen MR) is 95.8 cm³/mol. The van der Waals surface area contributed by atoms with Crippen molar-refractivity contribution in [1.29, 1.82) is 0 Å². The third-order valence-corrected chi connectivity index (χ3v) is 5.71. The Morgan fingerprint density at radius 3 is 2.85 bits per heavy atom. The van der Waals surface area contributed by atoms with E-state index in [0.29, 0.717) is 25.5 Å². The van der Waals surface area contributed by atoms with Gasteiger partial charge in [0.05, 0.1) is 6.54 Å². The van der Waals surface area contributed by atoms with E-state index in [4.69, 9.17) is 4.42 Å². The van der Waals surface area contributed by atoms with Gasteiger partial charge in [-0.3, -0.25) is 9.69 Å². The zero-order valence-electron chi connectivity index (χ0n) is 15.0. The molecule has 2 fully saturated rings. The van der Waals surface area contributed by atoms with Gasteiger partial charge < -0.3 is 14.4 Å². The van der Waals surface area contributed by atoms with E-state index in [-0.39, 0.29) is 6.04 Å². The first-order valence-electron chi connectivity index (χ1n) is 9.13. The van der Waals surface area contributed by atoms with Gasteiger partial charge >= 0.3 is 5.97 Å². The number of piperidine rings is 2. The maximum atomic E-state index is 12.4. The molecular weight excluding hydrogens is 332 g/mol. The van der Waals surface area contributed by atoms with Gasteiger partial charge in [0.15, 0.2) is 0 Å². The van der Waals surface area contributed by atoms with Crippen LogP contribution >= 0.6 is 0 Å². The average molecular weight is 356 g/mol. The number of hydrogen-bond donors (Lipinski definition) is 1. The molecule has 0 saturated carbocycles. The summed E-state index contributed by atoms with van der Waals surface area (Å²) in [7, 11) is 0. The number of nitrogens with zero attached hydrogens (tertiary/aromatic N) is 4. The van der Waals surface area contributed by atoms with Gasteiger partial charge in [0.2, 0.25) is 5.95 Å². The van der Waals surface area contributed by atoms with Crippen LogP contribution < -0.4 is 4.90 Å². The molecule has 7 heteroatoms. The zero-order valence-corrected chi connectivity index (χ0v) is 15.0. The third-order valence-electron chi connectivity index (χ3n) is 5.71. The molecule has 2 saturated heterocycles. The Balaban J connectivity index is 1.59. The van der Waals surface area contributed by atoms with Crippen molar-refractivity contribution in [2.45, 2.75) is 38.8 Å². The summed E-state index contributed by atoms with van der Waals surface area (Å²) in [6.07, 6.45) is 5.74. The van der Waals surface area contributed by atoms with E-state index in [2.05, 4.69) is 14.9 Å². The van der Waals surface area contributed by atoms with E-state index in [1.807, 2.05) is 24.0 Å². The topological polar surface area (TPSA) is 82.7 Å². The van der Waals surface area contributed by atoms with Crippen molar-refractivity contribution in [2.24, 2.45) is 5.41 Å². The van der Waals surface area contributed by atoms with Crippen molar-refractivity contribution in [2.75, 3.05) is 24.5 Å². The summed E-state index contributed by atoms with van der Waals surface area (Å²) >= 11 is 0. The summed E-state index contributed by atoms with van der Waals surface area (Å²) in [6, 6.07) is 5.72. The number of furan rings is 1. The third kappa shape index (κ3) is 2.96. The van der Waals surface area contributed by atoms with Gasteiger partial charge in [-0.1, -0.05) is 0 Å². The number of aryl methyl sites for hydroxylation is 1. The Hall–Kier alpha value is -2.41. The van der Waals surface area contributed by atoms with Crippen molar-refractivity contribution < 1.29 is 14.3 Å². The lowest BCUT2D eigenvalue weighted by atomic mass is 9.69. The highest BCUT2D eigenvalue weighted by Crippen LogP contribution is 2.43. The Labute approximate surface area is 152 Å². The number of aliphatic carboxylic acids is 1.